The van der Waals surface area contributed by atoms with Crippen LogP contribution in [-0.2, 0) is 24.9 Å². The molecule has 0 saturated carbocycles. The molecule has 3 rings (SSSR count). The quantitative estimate of drug-likeness (QED) is 0.137. The Morgan fingerprint density at radius 3 is 2.03 bits per heavy atom. The summed E-state index contributed by atoms with van der Waals surface area (Å²) in [5.74, 6) is 0.760. The predicted octanol–water partition coefficient (Wildman–Crippen LogP) is 10.1. The number of benzene rings is 2. The molecule has 0 aliphatic carbocycles. The van der Waals surface area contributed by atoms with Gasteiger partial charge in [-0.2, -0.15) is 0 Å². The molecule has 0 aliphatic rings. The molecule has 1 aromatic heterocycles. The number of aliphatic hydroxyl groups excluding tert-OH is 1. The molecule has 0 bridgehead atoms. The fourth-order valence-electron chi connectivity index (χ4n) is 4.53. The third kappa shape index (κ3) is 8.60. The van der Waals surface area contributed by atoms with Gasteiger partial charge in [-0.1, -0.05) is 93.5 Å². The van der Waals surface area contributed by atoms with Gasteiger partial charge in [0.2, 0.25) is 0 Å². The molecule has 3 aromatic rings. The largest absolute Gasteiger partial charge is 0.512 e. The minimum atomic E-state index is -0.337. The Labute approximate surface area is 250 Å². The molecular weight excluding hydrogens is 659 g/mol. The van der Waals surface area contributed by atoms with E-state index < -0.39 is 0 Å². The van der Waals surface area contributed by atoms with Gasteiger partial charge in [-0.05, 0) is 48.9 Å². The molecule has 4 heteroatoms. The average Bonchev–Trinajstić information content (AvgIpc) is 2.91. The minimum Gasteiger partial charge on any atom is -0.512 e. The Bertz CT molecular complexity index is 1250. The number of allylic oxidation sites excluding steroid dienone is 2. The molecule has 3 nitrogen and oxygen atoms in total. The molecule has 0 unspecified atom stereocenters. The van der Waals surface area contributed by atoms with Crippen molar-refractivity contribution >= 4 is 16.7 Å². The van der Waals surface area contributed by atoms with Crippen LogP contribution in [-0.4, -0.2) is 15.9 Å². The van der Waals surface area contributed by atoms with Crippen LogP contribution in [0.25, 0.3) is 22.2 Å². The summed E-state index contributed by atoms with van der Waals surface area (Å²) in [5, 5.41) is 11.4. The van der Waals surface area contributed by atoms with E-state index in [-0.39, 0.29) is 42.5 Å². The van der Waals surface area contributed by atoms with Crippen molar-refractivity contribution in [3.63, 3.8) is 0 Å². The van der Waals surface area contributed by atoms with Gasteiger partial charge in [0.25, 0.3) is 0 Å². The zero-order valence-electron chi connectivity index (χ0n) is 25.7. The smallest absolute Gasteiger partial charge is 0.164 e. The van der Waals surface area contributed by atoms with Crippen LogP contribution in [0, 0.1) is 30.7 Å². The fraction of sp³-hybridized carbons (Fsp3) is 0.486. The first kappa shape index (κ1) is 34.7. The van der Waals surface area contributed by atoms with Crippen molar-refractivity contribution in [3.05, 3.63) is 77.1 Å². The number of rotatable bonds is 9. The molecule has 2 aromatic carbocycles. The van der Waals surface area contributed by atoms with E-state index in [1.54, 1.807) is 0 Å². The van der Waals surface area contributed by atoms with E-state index in [4.69, 9.17) is 4.98 Å². The Balaban J connectivity index is 0.000000391. The average molecular weight is 707 g/mol. The number of nitrogens with zero attached hydrogens (tertiary/aromatic N) is 1. The molecule has 1 radical (unpaired) electrons. The number of hydrogen-bond donors (Lipinski definition) is 1. The van der Waals surface area contributed by atoms with E-state index >= 15 is 0 Å². The van der Waals surface area contributed by atoms with Gasteiger partial charge in [0.15, 0.2) is 5.78 Å². The van der Waals surface area contributed by atoms with E-state index in [0.29, 0.717) is 5.92 Å². The third-order valence-corrected chi connectivity index (χ3v) is 8.40. The van der Waals surface area contributed by atoms with Crippen molar-refractivity contribution in [2.75, 3.05) is 0 Å². The van der Waals surface area contributed by atoms with E-state index in [1.165, 1.54) is 22.6 Å². The van der Waals surface area contributed by atoms with Gasteiger partial charge in [0, 0.05) is 42.4 Å². The molecule has 0 amide bonds. The Hall–Kier alpha value is -2.29. The molecule has 215 valence electrons. The standard InChI is InChI=1S/C20H20N.C15H28O2.Ir/c1-13(2)18-12-20(16-10-14(3)9-15(4)11-16)21-19-8-6-5-7-17(18)19;1-7-14(5,8-2)12(16)11-13(17)15(6,9-3)10-4;/h5-10,12-13H,1-4H3;11,16H,7-10H2,1-6H3;/q-1;;/b;12-11-;. The van der Waals surface area contributed by atoms with Gasteiger partial charge in [0.05, 0.1) is 5.52 Å². The Kier molecular flexibility index (Phi) is 13.3. The van der Waals surface area contributed by atoms with Crippen LogP contribution in [0.2, 0.25) is 0 Å². The normalized spacial score (nSPS) is 12.1. The number of aliphatic hydroxyl groups is 1. The number of carbonyl (C=O) groups is 1. The second kappa shape index (κ2) is 14.9. The number of ketones is 1. The van der Waals surface area contributed by atoms with E-state index in [0.717, 1.165) is 48.0 Å². The molecule has 0 spiro atoms. The van der Waals surface area contributed by atoms with Gasteiger partial charge in [-0.3, -0.25) is 9.78 Å². The van der Waals surface area contributed by atoms with Gasteiger partial charge in [-0.15, -0.1) is 34.9 Å². The Morgan fingerprint density at radius 1 is 0.949 bits per heavy atom. The van der Waals surface area contributed by atoms with Crippen molar-refractivity contribution in [2.45, 2.75) is 101 Å². The van der Waals surface area contributed by atoms with Crippen molar-refractivity contribution in [2.24, 2.45) is 10.8 Å². The predicted molar refractivity (Wildman–Crippen MR) is 163 cm³/mol. The SMILES string of the molecule is CCC(C)(CC)C(=O)/C=C(\O)C(C)(CC)CC.Cc1[c-]c(-c2cc(C(C)C)c3ccccc3n2)cc(C)c1.[Ir]. The van der Waals surface area contributed by atoms with Crippen LogP contribution < -0.4 is 0 Å². The van der Waals surface area contributed by atoms with Gasteiger partial charge >= 0.3 is 0 Å². The van der Waals surface area contributed by atoms with Crippen LogP contribution >= 0.6 is 0 Å². The third-order valence-electron chi connectivity index (χ3n) is 8.40. The number of pyridine rings is 1. The van der Waals surface area contributed by atoms with Crippen molar-refractivity contribution in [1.29, 1.82) is 0 Å². The molecule has 0 atom stereocenters. The first-order valence-electron chi connectivity index (χ1n) is 14.2. The number of aromatic nitrogens is 1. The fourth-order valence-corrected chi connectivity index (χ4v) is 4.53. The van der Waals surface area contributed by atoms with Crippen LogP contribution in [0.3, 0.4) is 0 Å². The molecule has 1 N–H and O–H groups in total. The summed E-state index contributed by atoms with van der Waals surface area (Å²) in [6.45, 7) is 20.8. The van der Waals surface area contributed by atoms with Crippen LogP contribution in [0.15, 0.2) is 54.3 Å². The van der Waals surface area contributed by atoms with Gasteiger partial charge in [0.1, 0.15) is 5.76 Å². The first-order valence-corrected chi connectivity index (χ1v) is 14.2. The van der Waals surface area contributed by atoms with E-state index in [1.807, 2.05) is 41.5 Å². The number of para-hydroxylation sites is 1. The maximum absolute atomic E-state index is 12.2. The number of fused-ring (bicyclic) bond motifs is 1. The van der Waals surface area contributed by atoms with Crippen LogP contribution in [0.5, 0.6) is 0 Å². The molecule has 0 saturated heterocycles. The van der Waals surface area contributed by atoms with Crippen LogP contribution in [0.4, 0.5) is 0 Å². The summed E-state index contributed by atoms with van der Waals surface area (Å²) in [5.41, 5.74) is 6.32. The summed E-state index contributed by atoms with van der Waals surface area (Å²) < 4.78 is 0. The summed E-state index contributed by atoms with van der Waals surface area (Å²) >= 11 is 0. The zero-order chi connectivity index (χ0) is 28.7. The molecule has 0 aliphatic heterocycles. The van der Waals surface area contributed by atoms with E-state index in [2.05, 4.69) is 76.2 Å². The monoisotopic (exact) mass is 707 g/mol. The molecule has 1 heterocycles. The topological polar surface area (TPSA) is 50.2 Å². The molecule has 39 heavy (non-hydrogen) atoms. The first-order chi connectivity index (χ1) is 17.8. The van der Waals surface area contributed by atoms with Crippen LogP contribution in [0.1, 0.15) is 104 Å². The Morgan fingerprint density at radius 2 is 1.51 bits per heavy atom. The maximum Gasteiger partial charge on any atom is 0.164 e. The summed E-state index contributed by atoms with van der Waals surface area (Å²) in [6, 6.07) is 18.3. The van der Waals surface area contributed by atoms with Crippen molar-refractivity contribution < 1.29 is 30.0 Å². The second-order valence-corrected chi connectivity index (χ2v) is 11.5. The molecule has 0 fully saturated rings. The number of carbonyl (C=O) groups excluding carboxylic acids is 1. The van der Waals surface area contributed by atoms with Gasteiger partial charge in [-0.25, -0.2) is 0 Å². The maximum atomic E-state index is 12.2. The summed E-state index contributed by atoms with van der Waals surface area (Å²) in [6.07, 6.45) is 4.75. The number of aryl methyl sites for hydroxylation is 2. The zero-order valence-corrected chi connectivity index (χ0v) is 28.1. The minimum absolute atomic E-state index is 0. The van der Waals surface area contributed by atoms with Crippen molar-refractivity contribution in [1.82, 2.24) is 4.98 Å². The number of hydrogen-bond acceptors (Lipinski definition) is 3. The molecular formula is C35H48IrNO2-. The second-order valence-electron chi connectivity index (χ2n) is 11.5. The summed E-state index contributed by atoms with van der Waals surface area (Å²) in [4.78, 5) is 17.0. The van der Waals surface area contributed by atoms with Crippen molar-refractivity contribution in [3.8, 4) is 11.3 Å². The van der Waals surface area contributed by atoms with Gasteiger partial charge < -0.3 is 5.11 Å². The van der Waals surface area contributed by atoms with E-state index in [9.17, 15) is 9.90 Å². The summed E-state index contributed by atoms with van der Waals surface area (Å²) in [7, 11) is 0.